The maximum atomic E-state index is 13.9. The molecule has 28 heavy (non-hydrogen) atoms. The summed E-state index contributed by atoms with van der Waals surface area (Å²) in [4.78, 5) is 12.6. The summed E-state index contributed by atoms with van der Waals surface area (Å²) < 4.78 is 55.6. The molecule has 0 radical (unpaired) electrons. The van der Waals surface area contributed by atoms with Crippen LogP contribution in [0.15, 0.2) is 47.3 Å². The zero-order valence-electron chi connectivity index (χ0n) is 15.9. The fraction of sp³-hybridized carbons (Fsp3) is 0.550. The topological polar surface area (TPSA) is 49.8 Å². The van der Waals surface area contributed by atoms with E-state index >= 15 is 0 Å². The van der Waals surface area contributed by atoms with E-state index in [-0.39, 0.29) is 19.0 Å². The van der Waals surface area contributed by atoms with Gasteiger partial charge in [0.25, 0.3) is 0 Å². The lowest BCUT2D eigenvalue weighted by molar-refractivity contribution is -0.163. The zero-order chi connectivity index (χ0) is 20.9. The largest absolute Gasteiger partial charge is 0.494 e. The number of likely N-dealkylation sites (tertiary alicyclic amines) is 1. The number of aliphatic carboxylic acids is 1. The summed E-state index contributed by atoms with van der Waals surface area (Å²) in [6.07, 6.45) is 4.46. The van der Waals surface area contributed by atoms with E-state index in [1.165, 1.54) is 0 Å². The van der Waals surface area contributed by atoms with Crippen LogP contribution in [-0.4, -0.2) is 54.1 Å². The molecular formula is C20H25F4NO3. The Balaban J connectivity index is 1.91. The van der Waals surface area contributed by atoms with Crippen molar-refractivity contribution in [2.45, 2.75) is 38.5 Å². The van der Waals surface area contributed by atoms with E-state index in [4.69, 9.17) is 9.84 Å². The third-order valence-electron chi connectivity index (χ3n) is 4.81. The minimum absolute atomic E-state index is 0.128. The number of hydrogen-bond donors (Lipinski definition) is 1. The molecule has 1 aliphatic heterocycles. The molecular weight excluding hydrogens is 378 g/mol. The maximum absolute atomic E-state index is 13.9. The standard InChI is InChI=1S/C20H25F4NO3/c1-3-17(28-9-8-20(22,23)24)7-6-15-5-4-14(2)16(10-15)11-25-12-19(21,13-25)18(26)27/h3,5-7,10,14H,4,8-9,11-13H2,1-2H3,(H,26,27)/b7-6-,17-3+. The minimum atomic E-state index is -4.25. The quantitative estimate of drug-likeness (QED) is 0.370. The zero-order valence-corrected chi connectivity index (χ0v) is 15.9. The second kappa shape index (κ2) is 8.94. The number of carbonyl (C=O) groups is 1. The molecule has 0 aromatic rings. The number of alkyl halides is 4. The first-order valence-electron chi connectivity index (χ1n) is 9.11. The first kappa shape index (κ1) is 22.2. The van der Waals surface area contributed by atoms with Crippen molar-refractivity contribution in [2.24, 2.45) is 5.92 Å². The van der Waals surface area contributed by atoms with Crippen molar-refractivity contribution in [1.82, 2.24) is 4.90 Å². The number of carboxylic acids is 1. The summed E-state index contributed by atoms with van der Waals surface area (Å²) >= 11 is 0. The fourth-order valence-electron chi connectivity index (χ4n) is 3.06. The fourth-order valence-corrected chi connectivity index (χ4v) is 3.06. The molecule has 0 saturated carbocycles. The van der Waals surface area contributed by atoms with Crippen molar-refractivity contribution in [2.75, 3.05) is 26.2 Å². The Kier molecular flexibility index (Phi) is 7.09. The van der Waals surface area contributed by atoms with Crippen LogP contribution < -0.4 is 0 Å². The van der Waals surface area contributed by atoms with Crippen molar-refractivity contribution in [3.8, 4) is 0 Å². The molecule has 1 fully saturated rings. The second-order valence-electron chi connectivity index (χ2n) is 7.21. The van der Waals surface area contributed by atoms with Crippen LogP contribution in [0.1, 0.15) is 26.7 Å². The first-order valence-corrected chi connectivity index (χ1v) is 9.11. The van der Waals surface area contributed by atoms with E-state index < -0.39 is 30.8 Å². The van der Waals surface area contributed by atoms with E-state index in [9.17, 15) is 22.4 Å². The van der Waals surface area contributed by atoms with Gasteiger partial charge in [-0.3, -0.25) is 4.90 Å². The number of ether oxygens (including phenoxy) is 1. The highest BCUT2D eigenvalue weighted by Gasteiger charge is 2.50. The van der Waals surface area contributed by atoms with Crippen LogP contribution in [-0.2, 0) is 9.53 Å². The van der Waals surface area contributed by atoms with Crippen LogP contribution in [0.25, 0.3) is 0 Å². The molecule has 4 nitrogen and oxygen atoms in total. The van der Waals surface area contributed by atoms with Gasteiger partial charge in [0.15, 0.2) is 0 Å². The third-order valence-corrected chi connectivity index (χ3v) is 4.81. The Hall–Kier alpha value is -2.09. The molecule has 1 saturated heterocycles. The molecule has 1 aliphatic carbocycles. The maximum Gasteiger partial charge on any atom is 0.392 e. The third kappa shape index (κ3) is 6.22. The van der Waals surface area contributed by atoms with Crippen LogP contribution >= 0.6 is 0 Å². The summed E-state index contributed by atoms with van der Waals surface area (Å²) in [6, 6.07) is 0. The molecule has 0 aromatic carbocycles. The van der Waals surface area contributed by atoms with Gasteiger partial charge in [-0.2, -0.15) is 13.2 Å². The van der Waals surface area contributed by atoms with Gasteiger partial charge >= 0.3 is 12.1 Å². The first-order chi connectivity index (χ1) is 13.0. The van der Waals surface area contributed by atoms with Crippen LogP contribution in [0.3, 0.4) is 0 Å². The lowest BCUT2D eigenvalue weighted by Gasteiger charge is -2.42. The highest BCUT2D eigenvalue weighted by molar-refractivity contribution is 5.79. The second-order valence-corrected chi connectivity index (χ2v) is 7.21. The molecule has 1 atom stereocenters. The van der Waals surface area contributed by atoms with E-state index in [2.05, 4.69) is 0 Å². The summed E-state index contributed by atoms with van der Waals surface area (Å²) in [5.41, 5.74) is -0.210. The van der Waals surface area contributed by atoms with Crippen LogP contribution in [0.2, 0.25) is 0 Å². The number of nitrogens with zero attached hydrogens (tertiary/aromatic N) is 1. The summed E-state index contributed by atoms with van der Waals surface area (Å²) in [5, 5.41) is 8.85. The molecule has 0 spiro atoms. The molecule has 2 rings (SSSR count). The highest BCUT2D eigenvalue weighted by atomic mass is 19.4. The Morgan fingerprint density at radius 3 is 2.68 bits per heavy atom. The number of allylic oxidation sites excluding steroid dienone is 6. The predicted molar refractivity (Wildman–Crippen MR) is 97.4 cm³/mol. The number of rotatable bonds is 8. The average molecular weight is 403 g/mol. The van der Waals surface area contributed by atoms with Crippen molar-refractivity contribution >= 4 is 5.97 Å². The van der Waals surface area contributed by atoms with Gasteiger partial charge in [0.05, 0.1) is 13.0 Å². The lowest BCUT2D eigenvalue weighted by Crippen LogP contribution is -2.63. The van der Waals surface area contributed by atoms with Crippen LogP contribution in [0, 0.1) is 5.92 Å². The SMILES string of the molecule is C/C=C(\C=C/C1=CCC(C)C(CN2CC(F)(C(=O)O)C2)=C1)OCCC(F)(F)F. The van der Waals surface area contributed by atoms with Crippen molar-refractivity contribution in [1.29, 1.82) is 0 Å². The van der Waals surface area contributed by atoms with Gasteiger partial charge in [0.2, 0.25) is 5.67 Å². The van der Waals surface area contributed by atoms with Crippen molar-refractivity contribution in [3.63, 3.8) is 0 Å². The Morgan fingerprint density at radius 1 is 1.43 bits per heavy atom. The van der Waals surface area contributed by atoms with Gasteiger partial charge in [0, 0.05) is 19.6 Å². The van der Waals surface area contributed by atoms with Gasteiger partial charge in [0.1, 0.15) is 5.76 Å². The van der Waals surface area contributed by atoms with Gasteiger partial charge in [-0.05, 0) is 37.0 Å². The molecule has 0 aromatic heterocycles. The van der Waals surface area contributed by atoms with Crippen molar-refractivity contribution in [3.05, 3.63) is 47.3 Å². The molecule has 156 valence electrons. The van der Waals surface area contributed by atoms with Gasteiger partial charge in [-0.1, -0.05) is 30.7 Å². The molecule has 1 N–H and O–H groups in total. The highest BCUT2D eigenvalue weighted by Crippen LogP contribution is 2.31. The molecule has 8 heteroatoms. The monoisotopic (exact) mass is 403 g/mol. The van der Waals surface area contributed by atoms with Crippen LogP contribution in [0.4, 0.5) is 17.6 Å². The summed E-state index contributed by atoms with van der Waals surface area (Å²) in [7, 11) is 0. The number of hydrogen-bond acceptors (Lipinski definition) is 3. The normalized spacial score (nSPS) is 23.2. The van der Waals surface area contributed by atoms with Crippen molar-refractivity contribution < 1.29 is 32.2 Å². The van der Waals surface area contributed by atoms with Gasteiger partial charge < -0.3 is 9.84 Å². The van der Waals surface area contributed by atoms with Crippen LogP contribution in [0.5, 0.6) is 0 Å². The smallest absolute Gasteiger partial charge is 0.392 e. The summed E-state index contributed by atoms with van der Waals surface area (Å²) in [5.74, 6) is -0.826. The molecule has 0 bridgehead atoms. The molecule has 0 amide bonds. The lowest BCUT2D eigenvalue weighted by atomic mass is 9.87. The molecule has 1 unspecified atom stereocenters. The summed E-state index contributed by atoms with van der Waals surface area (Å²) in [6.45, 7) is 3.52. The van der Waals surface area contributed by atoms with E-state index in [0.29, 0.717) is 12.3 Å². The van der Waals surface area contributed by atoms with E-state index in [0.717, 1.165) is 17.6 Å². The van der Waals surface area contributed by atoms with E-state index in [1.54, 1.807) is 30.1 Å². The Labute approximate surface area is 161 Å². The number of halogens is 4. The Bertz CT molecular complexity index is 701. The average Bonchev–Trinajstić information content (AvgIpc) is 2.57. The Morgan fingerprint density at radius 2 is 2.11 bits per heavy atom. The van der Waals surface area contributed by atoms with E-state index in [1.807, 2.05) is 19.1 Å². The number of carboxylic acid groups (broad SMARTS) is 1. The molecule has 1 heterocycles. The van der Waals surface area contributed by atoms with Gasteiger partial charge in [-0.25, -0.2) is 9.18 Å². The van der Waals surface area contributed by atoms with Gasteiger partial charge in [-0.15, -0.1) is 0 Å². The molecule has 2 aliphatic rings. The predicted octanol–water partition coefficient (Wildman–Crippen LogP) is 4.42. The minimum Gasteiger partial charge on any atom is -0.494 e.